The normalized spacial score (nSPS) is 13.0. The highest BCUT2D eigenvalue weighted by atomic mass is 127. The molecule has 0 aliphatic heterocycles. The first kappa shape index (κ1) is 24.5. The lowest BCUT2D eigenvalue weighted by Gasteiger charge is -2.15. The van der Waals surface area contributed by atoms with E-state index in [0.717, 1.165) is 20.5 Å². The summed E-state index contributed by atoms with van der Waals surface area (Å²) in [6, 6.07) is 16.7. The van der Waals surface area contributed by atoms with Crippen molar-refractivity contribution >= 4 is 61.4 Å². The summed E-state index contributed by atoms with van der Waals surface area (Å²) in [5.74, 6) is 0.553. The third kappa shape index (κ3) is 6.14. The van der Waals surface area contributed by atoms with Gasteiger partial charge in [-0.25, -0.2) is 13.1 Å². The van der Waals surface area contributed by atoms with Gasteiger partial charge >= 0.3 is 0 Å². The van der Waals surface area contributed by atoms with Crippen molar-refractivity contribution in [2.75, 3.05) is 20.6 Å². The van der Waals surface area contributed by atoms with Gasteiger partial charge in [0, 0.05) is 29.7 Å². The van der Waals surface area contributed by atoms with Crippen molar-refractivity contribution in [3.8, 4) is 0 Å². The molecule has 0 amide bonds. The van der Waals surface area contributed by atoms with Gasteiger partial charge in [-0.2, -0.15) is 0 Å². The van der Waals surface area contributed by atoms with Crippen LogP contribution in [0.3, 0.4) is 0 Å². The van der Waals surface area contributed by atoms with Gasteiger partial charge < -0.3 is 15.7 Å². The van der Waals surface area contributed by atoms with Crippen LogP contribution in [0.1, 0.15) is 16.5 Å². The van der Waals surface area contributed by atoms with Crippen LogP contribution in [0, 0.1) is 0 Å². The fourth-order valence-electron chi connectivity index (χ4n) is 2.77. The number of nitrogens with one attached hydrogen (secondary N) is 3. The lowest BCUT2D eigenvalue weighted by molar-refractivity contribution is 0.184. The number of hydrogen-bond acceptors (Lipinski definition) is 5. The first-order valence-electron chi connectivity index (χ1n) is 9.06. The molecular weight excluding hydrogens is 535 g/mol. The molecule has 1 atom stereocenters. The first-order valence-corrected chi connectivity index (χ1v) is 11.4. The van der Waals surface area contributed by atoms with E-state index in [2.05, 4.69) is 20.3 Å². The average molecular weight is 560 g/mol. The molecule has 1 unspecified atom stereocenters. The standard InChI is InChI=1S/C20H24N4O3S2.HI/c1-21-20(23-12-14-7-9-16(10-8-14)29(26,27)22-2)24-13-17(25)19-11-15-5-3-4-6-18(15)28-19;/h3-11,17,22,25H,12-13H2,1-2H3,(H2,21,23,24);1H. The lowest BCUT2D eigenvalue weighted by Crippen LogP contribution is -2.38. The van der Waals surface area contributed by atoms with E-state index >= 15 is 0 Å². The van der Waals surface area contributed by atoms with Gasteiger partial charge in [0.15, 0.2) is 5.96 Å². The SMILES string of the molecule is CN=C(NCc1ccc(S(=O)(=O)NC)cc1)NCC(O)c1cc2ccccc2s1.I. The number of sulfonamides is 1. The summed E-state index contributed by atoms with van der Waals surface area (Å²) in [6.07, 6.45) is -0.642. The van der Waals surface area contributed by atoms with Crippen molar-refractivity contribution in [1.82, 2.24) is 15.4 Å². The molecule has 0 aliphatic rings. The summed E-state index contributed by atoms with van der Waals surface area (Å²) in [7, 11) is -0.399. The van der Waals surface area contributed by atoms with Crippen LogP contribution < -0.4 is 15.4 Å². The van der Waals surface area contributed by atoms with Gasteiger partial charge in [-0.1, -0.05) is 30.3 Å². The Balaban J connectivity index is 0.00000320. The van der Waals surface area contributed by atoms with Gasteiger partial charge in [-0.05, 0) is 42.3 Å². The zero-order chi connectivity index (χ0) is 20.9. The fraction of sp³-hybridized carbons (Fsp3) is 0.250. The Labute approximate surface area is 197 Å². The van der Waals surface area contributed by atoms with Crippen molar-refractivity contribution < 1.29 is 13.5 Å². The predicted molar refractivity (Wildman–Crippen MR) is 133 cm³/mol. The van der Waals surface area contributed by atoms with Crippen LogP contribution in [0.5, 0.6) is 0 Å². The molecule has 0 saturated carbocycles. The Bertz CT molecular complexity index is 1070. The Morgan fingerprint density at radius 1 is 1.13 bits per heavy atom. The maximum atomic E-state index is 11.8. The second kappa shape index (κ2) is 11.0. The number of guanidine groups is 1. The molecule has 0 saturated heterocycles. The van der Waals surface area contributed by atoms with Crippen LogP contribution in [-0.4, -0.2) is 40.1 Å². The number of benzene rings is 2. The molecule has 4 N–H and O–H groups in total. The molecule has 0 bridgehead atoms. The molecule has 162 valence electrons. The molecule has 10 heteroatoms. The number of rotatable bonds is 7. The number of thiophene rings is 1. The van der Waals surface area contributed by atoms with Crippen LogP contribution in [0.4, 0.5) is 0 Å². The second-order valence-corrected chi connectivity index (χ2v) is 9.36. The number of nitrogens with zero attached hydrogens (tertiary/aromatic N) is 1. The van der Waals surface area contributed by atoms with Crippen molar-refractivity contribution in [1.29, 1.82) is 0 Å². The van der Waals surface area contributed by atoms with E-state index in [1.54, 1.807) is 42.6 Å². The zero-order valence-corrected chi connectivity index (χ0v) is 20.6. The minimum Gasteiger partial charge on any atom is -0.386 e. The Morgan fingerprint density at radius 3 is 2.47 bits per heavy atom. The third-order valence-corrected chi connectivity index (χ3v) is 7.07. The molecule has 30 heavy (non-hydrogen) atoms. The highest BCUT2D eigenvalue weighted by molar-refractivity contribution is 14.0. The topological polar surface area (TPSA) is 103 Å². The van der Waals surface area contributed by atoms with Crippen LogP contribution >= 0.6 is 35.3 Å². The van der Waals surface area contributed by atoms with Gasteiger partial charge in [0.1, 0.15) is 6.10 Å². The van der Waals surface area contributed by atoms with Crippen molar-refractivity contribution in [2.24, 2.45) is 4.99 Å². The summed E-state index contributed by atoms with van der Waals surface area (Å²) in [5, 5.41) is 17.9. The molecule has 0 radical (unpaired) electrons. The maximum Gasteiger partial charge on any atom is 0.240 e. The van der Waals surface area contributed by atoms with E-state index in [9.17, 15) is 13.5 Å². The summed E-state index contributed by atoms with van der Waals surface area (Å²) in [4.78, 5) is 5.28. The Kier molecular flexibility index (Phi) is 9.04. The number of aliphatic hydroxyl groups excluding tert-OH is 1. The molecule has 0 aliphatic carbocycles. The van der Waals surface area contributed by atoms with E-state index in [1.165, 1.54) is 7.05 Å². The summed E-state index contributed by atoms with van der Waals surface area (Å²) in [6.45, 7) is 0.796. The van der Waals surface area contributed by atoms with Gasteiger partial charge in [0.2, 0.25) is 10.0 Å². The molecular formula is C20H25IN4O3S2. The minimum atomic E-state index is -3.44. The largest absolute Gasteiger partial charge is 0.386 e. The molecule has 0 fully saturated rings. The monoisotopic (exact) mass is 560 g/mol. The number of aliphatic hydroxyl groups is 1. The zero-order valence-electron chi connectivity index (χ0n) is 16.6. The summed E-state index contributed by atoms with van der Waals surface area (Å²) in [5.41, 5.74) is 0.910. The van der Waals surface area contributed by atoms with Crippen LogP contribution in [0.25, 0.3) is 10.1 Å². The second-order valence-electron chi connectivity index (χ2n) is 6.36. The quantitative estimate of drug-likeness (QED) is 0.202. The molecule has 3 aromatic rings. The first-order chi connectivity index (χ1) is 13.9. The van der Waals surface area contributed by atoms with Crippen LogP contribution in [-0.2, 0) is 16.6 Å². The average Bonchev–Trinajstić information content (AvgIpc) is 3.18. The highest BCUT2D eigenvalue weighted by Gasteiger charge is 2.13. The Hall–Kier alpha value is -1.73. The van der Waals surface area contributed by atoms with E-state index in [-0.39, 0.29) is 28.9 Å². The molecule has 3 rings (SSSR count). The van der Waals surface area contributed by atoms with Gasteiger partial charge in [-0.3, -0.25) is 4.99 Å². The fourth-order valence-corrected chi connectivity index (χ4v) is 4.55. The minimum absolute atomic E-state index is 0. The summed E-state index contributed by atoms with van der Waals surface area (Å²) < 4.78 is 27.0. The van der Waals surface area contributed by atoms with E-state index in [0.29, 0.717) is 19.0 Å². The van der Waals surface area contributed by atoms with Crippen molar-refractivity contribution in [3.63, 3.8) is 0 Å². The van der Waals surface area contributed by atoms with Crippen LogP contribution in [0.2, 0.25) is 0 Å². The molecule has 7 nitrogen and oxygen atoms in total. The predicted octanol–water partition coefficient (Wildman–Crippen LogP) is 2.83. The number of hydrogen-bond donors (Lipinski definition) is 4. The van der Waals surface area contributed by atoms with Crippen LogP contribution in [0.15, 0.2) is 64.5 Å². The van der Waals surface area contributed by atoms with E-state index in [4.69, 9.17) is 0 Å². The smallest absolute Gasteiger partial charge is 0.240 e. The van der Waals surface area contributed by atoms with Crippen molar-refractivity contribution in [3.05, 3.63) is 65.0 Å². The van der Waals surface area contributed by atoms with E-state index in [1.807, 2.05) is 30.3 Å². The molecule has 0 spiro atoms. The third-order valence-electron chi connectivity index (χ3n) is 4.42. The highest BCUT2D eigenvalue weighted by Crippen LogP contribution is 2.29. The number of halogens is 1. The van der Waals surface area contributed by atoms with Gasteiger partial charge in [0.25, 0.3) is 0 Å². The molecule has 2 aromatic carbocycles. The maximum absolute atomic E-state index is 11.8. The number of fused-ring (bicyclic) bond motifs is 1. The number of aliphatic imine (C=N–C) groups is 1. The lowest BCUT2D eigenvalue weighted by atomic mass is 10.2. The van der Waals surface area contributed by atoms with Gasteiger partial charge in [0.05, 0.1) is 4.90 Å². The molecule has 1 aromatic heterocycles. The van der Waals surface area contributed by atoms with E-state index < -0.39 is 16.1 Å². The van der Waals surface area contributed by atoms with Gasteiger partial charge in [-0.15, -0.1) is 35.3 Å². The Morgan fingerprint density at radius 2 is 1.83 bits per heavy atom. The van der Waals surface area contributed by atoms with Crippen molar-refractivity contribution in [2.45, 2.75) is 17.5 Å². The summed E-state index contributed by atoms with van der Waals surface area (Å²) >= 11 is 1.58. The molecule has 1 heterocycles.